The molecular formula is C28H26N6O4. The van der Waals surface area contributed by atoms with E-state index in [0.29, 0.717) is 31.0 Å². The molecule has 1 amide bonds. The predicted octanol–water partition coefficient (Wildman–Crippen LogP) is 3.25. The molecule has 0 radical (unpaired) electrons. The van der Waals surface area contributed by atoms with Crippen LogP contribution in [0.4, 0.5) is 0 Å². The smallest absolute Gasteiger partial charge is 0.290 e. The molecule has 1 N–H and O–H groups in total. The van der Waals surface area contributed by atoms with Crippen LogP contribution in [0.5, 0.6) is 0 Å². The minimum absolute atomic E-state index is 0.140. The van der Waals surface area contributed by atoms with Gasteiger partial charge in [-0.15, -0.1) is 0 Å². The summed E-state index contributed by atoms with van der Waals surface area (Å²) in [6.07, 6.45) is 5.29. The molecule has 0 aliphatic carbocycles. The highest BCUT2D eigenvalue weighted by Gasteiger charge is 2.27. The van der Waals surface area contributed by atoms with Crippen molar-refractivity contribution in [1.29, 1.82) is 0 Å². The highest BCUT2D eigenvalue weighted by atomic mass is 16.3. The van der Waals surface area contributed by atoms with Crippen LogP contribution in [0.3, 0.4) is 0 Å². The van der Waals surface area contributed by atoms with E-state index in [1.807, 2.05) is 41.9 Å². The van der Waals surface area contributed by atoms with Gasteiger partial charge in [-0.25, -0.2) is 4.98 Å². The first-order valence-corrected chi connectivity index (χ1v) is 12.0. The number of hydrogen-bond donors (Lipinski definition) is 1. The maximum atomic E-state index is 13.4. The molecule has 0 saturated carbocycles. The van der Waals surface area contributed by atoms with Crippen molar-refractivity contribution in [2.75, 3.05) is 6.54 Å². The zero-order valence-electron chi connectivity index (χ0n) is 21.0. The maximum absolute atomic E-state index is 13.4. The zero-order chi connectivity index (χ0) is 26.8. The van der Waals surface area contributed by atoms with Crippen LogP contribution < -0.4 is 5.56 Å². The lowest BCUT2D eigenvalue weighted by Gasteiger charge is -2.30. The molecule has 3 aromatic heterocycles. The quantitative estimate of drug-likeness (QED) is 0.371. The van der Waals surface area contributed by atoms with Crippen molar-refractivity contribution < 1.29 is 14.7 Å². The highest BCUT2D eigenvalue weighted by Crippen LogP contribution is 2.29. The Morgan fingerprint density at radius 2 is 1.84 bits per heavy atom. The molecule has 0 atom stereocenters. The van der Waals surface area contributed by atoms with E-state index < -0.39 is 0 Å². The summed E-state index contributed by atoms with van der Waals surface area (Å²) in [6.45, 7) is 3.01. The number of carbonyl (C=O) groups excluding carboxylic acids is 1. The normalized spacial score (nSPS) is 12.7. The lowest BCUT2D eigenvalue weighted by atomic mass is 9.98. The second kappa shape index (κ2) is 10.2. The van der Waals surface area contributed by atoms with Gasteiger partial charge in [0.1, 0.15) is 11.4 Å². The third-order valence-corrected chi connectivity index (χ3v) is 6.68. The fourth-order valence-corrected chi connectivity index (χ4v) is 4.84. The number of hydrogen-bond acceptors (Lipinski definition) is 5. The number of amides is 1. The van der Waals surface area contributed by atoms with Crippen LogP contribution in [0, 0.1) is 6.92 Å². The first kappa shape index (κ1) is 24.7. The van der Waals surface area contributed by atoms with Gasteiger partial charge >= 0.3 is 0 Å². The molecule has 0 bridgehead atoms. The van der Waals surface area contributed by atoms with E-state index in [1.54, 1.807) is 33.8 Å². The lowest BCUT2D eigenvalue weighted by Crippen LogP contribution is -2.44. The third-order valence-electron chi connectivity index (χ3n) is 6.68. The number of aryl methyl sites for hydroxylation is 2. The molecule has 4 heterocycles. The van der Waals surface area contributed by atoms with Gasteiger partial charge in [0.25, 0.3) is 17.9 Å². The van der Waals surface area contributed by atoms with E-state index in [4.69, 9.17) is 9.90 Å². The third kappa shape index (κ3) is 4.47. The minimum atomic E-state index is -0.250. The van der Waals surface area contributed by atoms with E-state index in [-0.39, 0.29) is 17.9 Å². The number of aromatic nitrogens is 5. The second-order valence-corrected chi connectivity index (χ2v) is 9.01. The molecule has 6 rings (SSSR count). The molecule has 1 aliphatic rings. The van der Waals surface area contributed by atoms with E-state index in [0.717, 1.165) is 33.3 Å². The van der Waals surface area contributed by atoms with Gasteiger partial charge < -0.3 is 19.1 Å². The van der Waals surface area contributed by atoms with Gasteiger partial charge in [-0.1, -0.05) is 30.3 Å². The largest absolute Gasteiger partial charge is 0.483 e. The molecular weight excluding hydrogens is 484 g/mol. The van der Waals surface area contributed by atoms with Gasteiger partial charge in [-0.3, -0.25) is 19.1 Å². The summed E-state index contributed by atoms with van der Waals surface area (Å²) < 4.78 is 5.14. The molecule has 0 spiro atoms. The summed E-state index contributed by atoms with van der Waals surface area (Å²) in [6, 6.07) is 17.9. The zero-order valence-corrected chi connectivity index (χ0v) is 21.0. The van der Waals surface area contributed by atoms with Crippen LogP contribution in [0.2, 0.25) is 0 Å². The topological polar surface area (TPSA) is 115 Å². The Morgan fingerprint density at radius 1 is 1.05 bits per heavy atom. The number of benzene rings is 2. The van der Waals surface area contributed by atoms with Gasteiger partial charge in [0.2, 0.25) is 0 Å². The summed E-state index contributed by atoms with van der Waals surface area (Å²) in [5.74, 6) is -0.140. The number of rotatable bonds is 4. The van der Waals surface area contributed by atoms with Crippen molar-refractivity contribution in [1.82, 2.24) is 28.8 Å². The summed E-state index contributed by atoms with van der Waals surface area (Å²) in [7, 11) is 1.93. The first-order valence-electron chi connectivity index (χ1n) is 12.0. The SMILES string of the molecule is Cc1cn(-c2ccc3n(c2=O)CCN(Cc2ccccc2-c2ccc4c(cnn4C)c2)C3=O)cn1.O=CO. The van der Waals surface area contributed by atoms with E-state index >= 15 is 0 Å². The molecule has 1 aliphatic heterocycles. The van der Waals surface area contributed by atoms with E-state index in [2.05, 4.69) is 40.4 Å². The monoisotopic (exact) mass is 510 g/mol. The van der Waals surface area contributed by atoms with Gasteiger partial charge in [0.15, 0.2) is 0 Å². The van der Waals surface area contributed by atoms with Crippen LogP contribution >= 0.6 is 0 Å². The fraction of sp³-hybridized carbons (Fsp3) is 0.179. The molecule has 38 heavy (non-hydrogen) atoms. The van der Waals surface area contributed by atoms with Crippen molar-refractivity contribution >= 4 is 23.3 Å². The molecule has 5 aromatic rings. The molecule has 0 unspecified atom stereocenters. The van der Waals surface area contributed by atoms with Gasteiger partial charge in [0.05, 0.1) is 23.7 Å². The van der Waals surface area contributed by atoms with E-state index in [9.17, 15) is 9.59 Å². The Morgan fingerprint density at radius 3 is 2.61 bits per heavy atom. The number of imidazole rings is 1. The second-order valence-electron chi connectivity index (χ2n) is 9.01. The van der Waals surface area contributed by atoms with Gasteiger partial charge in [0, 0.05) is 38.3 Å². The number of carbonyl (C=O) groups is 2. The number of fused-ring (bicyclic) bond motifs is 2. The molecule has 0 fully saturated rings. The molecule has 10 nitrogen and oxygen atoms in total. The Balaban J connectivity index is 0.000000937. The Kier molecular flexibility index (Phi) is 6.61. The van der Waals surface area contributed by atoms with Crippen LogP contribution in [-0.4, -0.2) is 52.8 Å². The average molecular weight is 511 g/mol. The van der Waals surface area contributed by atoms with E-state index in [1.165, 1.54) is 0 Å². The Bertz CT molecular complexity index is 1710. The van der Waals surface area contributed by atoms with Crippen LogP contribution in [0.25, 0.3) is 27.7 Å². The summed E-state index contributed by atoms with van der Waals surface area (Å²) in [5.41, 5.74) is 5.86. The summed E-state index contributed by atoms with van der Waals surface area (Å²) >= 11 is 0. The van der Waals surface area contributed by atoms with Crippen LogP contribution in [0.15, 0.2) is 78.1 Å². The van der Waals surface area contributed by atoms with Crippen molar-refractivity contribution in [3.05, 3.63) is 101 Å². The van der Waals surface area contributed by atoms with Gasteiger partial charge in [-0.05, 0) is 47.9 Å². The van der Waals surface area contributed by atoms with Gasteiger partial charge in [-0.2, -0.15) is 5.10 Å². The Labute approximate surface area is 218 Å². The first-order chi connectivity index (χ1) is 18.4. The highest BCUT2D eigenvalue weighted by molar-refractivity contribution is 5.93. The summed E-state index contributed by atoms with van der Waals surface area (Å²) in [5, 5.41) is 12.3. The fourth-order valence-electron chi connectivity index (χ4n) is 4.84. The molecule has 2 aromatic carbocycles. The predicted molar refractivity (Wildman–Crippen MR) is 142 cm³/mol. The number of pyridine rings is 1. The van der Waals surface area contributed by atoms with Crippen LogP contribution in [-0.2, 0) is 24.9 Å². The van der Waals surface area contributed by atoms with Crippen molar-refractivity contribution in [3.8, 4) is 16.8 Å². The lowest BCUT2D eigenvalue weighted by molar-refractivity contribution is -0.122. The molecule has 192 valence electrons. The average Bonchev–Trinajstić information content (AvgIpc) is 3.52. The Hall–Kier alpha value is -4.99. The van der Waals surface area contributed by atoms with Crippen molar-refractivity contribution in [2.24, 2.45) is 7.05 Å². The number of carboxylic acid groups (broad SMARTS) is 1. The summed E-state index contributed by atoms with van der Waals surface area (Å²) in [4.78, 5) is 40.9. The van der Waals surface area contributed by atoms with Crippen molar-refractivity contribution in [2.45, 2.75) is 20.0 Å². The van der Waals surface area contributed by atoms with Crippen molar-refractivity contribution in [3.63, 3.8) is 0 Å². The standard InChI is InChI=1S/C27H24N6O2.CH2O2/c1-18-15-32(17-28-18)24-9-10-25-26(34)31(11-12-33(25)27(24)35)16-20-5-3-4-6-22(20)19-7-8-23-21(13-19)14-29-30(23)2;2-1-3/h3-10,13-15,17H,11-12,16H2,1-2H3;1H,(H,2,3). The van der Waals surface area contributed by atoms with Crippen LogP contribution in [0.1, 0.15) is 21.7 Å². The minimum Gasteiger partial charge on any atom is -0.483 e. The maximum Gasteiger partial charge on any atom is 0.290 e. The molecule has 0 saturated heterocycles. The molecule has 10 heteroatoms. The number of nitrogens with zero attached hydrogens (tertiary/aromatic N) is 6.